The monoisotopic (exact) mass is 366 g/mol. The third kappa shape index (κ3) is 5.93. The lowest BCUT2D eigenvalue weighted by Crippen LogP contribution is -2.42. The van der Waals surface area contributed by atoms with E-state index < -0.39 is 0 Å². The van der Waals surface area contributed by atoms with Gasteiger partial charge in [-0.15, -0.1) is 23.7 Å². The Morgan fingerprint density at radius 2 is 1.83 bits per heavy atom. The maximum Gasteiger partial charge on any atom is 0.227 e. The molecule has 2 unspecified atom stereocenters. The summed E-state index contributed by atoms with van der Waals surface area (Å²) < 4.78 is 0. The second-order valence-corrected chi connectivity index (χ2v) is 7.53. The molecule has 0 aliphatic heterocycles. The fourth-order valence-corrected chi connectivity index (χ4v) is 3.35. The molecule has 0 aliphatic carbocycles. The quantitative estimate of drug-likeness (QED) is 0.804. The zero-order chi connectivity index (χ0) is 16.8. The number of hydrogen-bond donors (Lipinski definition) is 1. The van der Waals surface area contributed by atoms with E-state index in [1.807, 2.05) is 36.9 Å². The summed E-state index contributed by atoms with van der Waals surface area (Å²) in [4.78, 5) is 17.2. The van der Waals surface area contributed by atoms with Gasteiger partial charge in [0.05, 0.1) is 12.5 Å². The van der Waals surface area contributed by atoms with Crippen LogP contribution < -0.4 is 5.73 Å². The highest BCUT2D eigenvalue weighted by Gasteiger charge is 2.23. The molecule has 2 aromatic rings. The number of amides is 1. The molecule has 0 spiro atoms. The predicted octanol–water partition coefficient (Wildman–Crippen LogP) is 4.03. The molecule has 2 atom stereocenters. The molecule has 1 aromatic heterocycles. The lowest BCUT2D eigenvalue weighted by Gasteiger charge is -2.27. The minimum absolute atomic E-state index is 0. The van der Waals surface area contributed by atoms with Crippen molar-refractivity contribution in [2.24, 2.45) is 11.7 Å². The van der Waals surface area contributed by atoms with Crippen LogP contribution in [0.1, 0.15) is 29.2 Å². The van der Waals surface area contributed by atoms with Gasteiger partial charge in [-0.25, -0.2) is 0 Å². The molecule has 3 nitrogen and oxygen atoms in total. The molecule has 0 radical (unpaired) electrons. The number of benzene rings is 1. The Bertz CT molecular complexity index is 627. The number of carbonyl (C=O) groups is 1. The molecule has 1 aromatic carbocycles. The van der Waals surface area contributed by atoms with E-state index in [1.54, 1.807) is 11.3 Å². The standard InChI is InChI=1S/C19H26N2OS.ClH/c1-14-9-10-18(23-14)13-21(19(22)15(2)16(3)20)12-11-17-7-5-4-6-8-17;/h4-10,15-16H,11-13,20H2,1-3H3;1H. The van der Waals surface area contributed by atoms with Crippen LogP contribution in [0.3, 0.4) is 0 Å². The van der Waals surface area contributed by atoms with Gasteiger partial charge >= 0.3 is 0 Å². The summed E-state index contributed by atoms with van der Waals surface area (Å²) in [6, 6.07) is 14.4. The zero-order valence-corrected chi connectivity index (χ0v) is 16.2. The molecule has 5 heteroatoms. The van der Waals surface area contributed by atoms with Crippen LogP contribution in [0.4, 0.5) is 0 Å². The molecule has 0 bridgehead atoms. The number of aryl methyl sites for hydroxylation is 1. The Morgan fingerprint density at radius 3 is 2.38 bits per heavy atom. The Labute approximate surface area is 155 Å². The van der Waals surface area contributed by atoms with Crippen LogP contribution in [0.25, 0.3) is 0 Å². The number of halogens is 1. The highest BCUT2D eigenvalue weighted by molar-refractivity contribution is 7.11. The van der Waals surface area contributed by atoms with Gasteiger partial charge in [0.25, 0.3) is 0 Å². The fraction of sp³-hybridized carbons (Fsp3) is 0.421. The topological polar surface area (TPSA) is 46.3 Å². The van der Waals surface area contributed by atoms with Crippen LogP contribution in [0.15, 0.2) is 42.5 Å². The largest absolute Gasteiger partial charge is 0.337 e. The summed E-state index contributed by atoms with van der Waals surface area (Å²) in [5.74, 6) is -0.0196. The number of rotatable bonds is 7. The summed E-state index contributed by atoms with van der Waals surface area (Å²) >= 11 is 1.75. The van der Waals surface area contributed by atoms with E-state index in [1.165, 1.54) is 15.3 Å². The van der Waals surface area contributed by atoms with Crippen LogP contribution >= 0.6 is 23.7 Å². The summed E-state index contributed by atoms with van der Waals surface area (Å²) in [5.41, 5.74) is 7.19. The van der Waals surface area contributed by atoms with E-state index in [2.05, 4.69) is 31.2 Å². The third-order valence-corrected chi connectivity index (χ3v) is 5.13. The molecule has 0 saturated heterocycles. The summed E-state index contributed by atoms with van der Waals surface area (Å²) in [6.07, 6.45) is 0.864. The third-order valence-electron chi connectivity index (χ3n) is 4.15. The van der Waals surface area contributed by atoms with Gasteiger partial charge in [-0.2, -0.15) is 0 Å². The number of nitrogens with two attached hydrogens (primary N) is 1. The first kappa shape index (κ1) is 20.7. The Kier molecular flexibility index (Phi) is 8.46. The summed E-state index contributed by atoms with van der Waals surface area (Å²) in [7, 11) is 0. The van der Waals surface area contributed by atoms with Crippen molar-refractivity contribution in [2.45, 2.75) is 39.8 Å². The SMILES string of the molecule is Cc1ccc(CN(CCc2ccccc2)C(=O)C(C)C(C)N)s1.Cl. The van der Waals surface area contributed by atoms with Crippen LogP contribution in [-0.4, -0.2) is 23.4 Å². The van der Waals surface area contributed by atoms with Crippen LogP contribution in [-0.2, 0) is 17.8 Å². The van der Waals surface area contributed by atoms with Crippen molar-refractivity contribution in [3.8, 4) is 0 Å². The lowest BCUT2D eigenvalue weighted by atomic mass is 10.0. The number of thiophene rings is 1. The average molecular weight is 367 g/mol. The Morgan fingerprint density at radius 1 is 1.17 bits per heavy atom. The number of hydrogen-bond acceptors (Lipinski definition) is 3. The minimum Gasteiger partial charge on any atom is -0.337 e. The van der Waals surface area contributed by atoms with Crippen molar-refractivity contribution in [1.82, 2.24) is 4.90 Å². The molecular weight excluding hydrogens is 340 g/mol. The van der Waals surface area contributed by atoms with Crippen molar-refractivity contribution in [3.63, 3.8) is 0 Å². The van der Waals surface area contributed by atoms with Gasteiger partial charge in [0.2, 0.25) is 5.91 Å². The number of carbonyl (C=O) groups excluding carboxylic acids is 1. The molecule has 2 N–H and O–H groups in total. The van der Waals surface area contributed by atoms with Gasteiger partial charge in [-0.3, -0.25) is 4.79 Å². The zero-order valence-electron chi connectivity index (χ0n) is 14.6. The minimum atomic E-state index is -0.160. The van der Waals surface area contributed by atoms with E-state index >= 15 is 0 Å². The van der Waals surface area contributed by atoms with Crippen LogP contribution in [0.2, 0.25) is 0 Å². The summed E-state index contributed by atoms with van der Waals surface area (Å²) in [6.45, 7) is 7.29. The van der Waals surface area contributed by atoms with Gasteiger partial charge in [0.1, 0.15) is 0 Å². The second kappa shape index (κ2) is 9.82. The van der Waals surface area contributed by atoms with E-state index in [0.29, 0.717) is 6.54 Å². The first-order valence-corrected chi connectivity index (χ1v) is 8.92. The summed E-state index contributed by atoms with van der Waals surface area (Å²) in [5, 5.41) is 0. The number of nitrogens with zero attached hydrogens (tertiary/aromatic N) is 1. The van der Waals surface area contributed by atoms with Crippen molar-refractivity contribution < 1.29 is 4.79 Å². The van der Waals surface area contributed by atoms with E-state index in [4.69, 9.17) is 5.73 Å². The highest BCUT2D eigenvalue weighted by Crippen LogP contribution is 2.19. The van der Waals surface area contributed by atoms with Crippen molar-refractivity contribution in [2.75, 3.05) is 6.54 Å². The van der Waals surface area contributed by atoms with Gasteiger partial charge in [0.15, 0.2) is 0 Å². The van der Waals surface area contributed by atoms with Gasteiger partial charge < -0.3 is 10.6 Å². The van der Waals surface area contributed by atoms with Crippen LogP contribution in [0.5, 0.6) is 0 Å². The Balaban J connectivity index is 0.00000288. The first-order chi connectivity index (χ1) is 11.0. The van der Waals surface area contributed by atoms with Crippen molar-refractivity contribution in [1.29, 1.82) is 0 Å². The lowest BCUT2D eigenvalue weighted by molar-refractivity contribution is -0.136. The molecule has 0 fully saturated rings. The van der Waals surface area contributed by atoms with Crippen molar-refractivity contribution >= 4 is 29.7 Å². The van der Waals surface area contributed by atoms with Gasteiger partial charge in [-0.05, 0) is 38.0 Å². The normalized spacial score (nSPS) is 13.0. The highest BCUT2D eigenvalue weighted by atomic mass is 35.5. The molecule has 0 saturated carbocycles. The van der Waals surface area contributed by atoms with E-state index in [0.717, 1.165) is 13.0 Å². The molecule has 24 heavy (non-hydrogen) atoms. The Hall–Kier alpha value is -1.36. The average Bonchev–Trinajstić information content (AvgIpc) is 2.96. The second-order valence-electron chi connectivity index (χ2n) is 6.16. The van der Waals surface area contributed by atoms with E-state index in [-0.39, 0.29) is 30.3 Å². The maximum absolute atomic E-state index is 12.8. The molecular formula is C19H27ClN2OS. The van der Waals surface area contributed by atoms with Crippen LogP contribution in [0, 0.1) is 12.8 Å². The molecule has 2 rings (SSSR count). The van der Waals surface area contributed by atoms with Gasteiger partial charge in [-0.1, -0.05) is 37.3 Å². The fourth-order valence-electron chi connectivity index (χ4n) is 2.45. The van der Waals surface area contributed by atoms with Crippen molar-refractivity contribution in [3.05, 3.63) is 57.8 Å². The predicted molar refractivity (Wildman–Crippen MR) is 105 cm³/mol. The molecule has 132 valence electrons. The maximum atomic E-state index is 12.8. The molecule has 0 aliphatic rings. The van der Waals surface area contributed by atoms with Gasteiger partial charge in [0, 0.05) is 22.3 Å². The molecule has 1 amide bonds. The smallest absolute Gasteiger partial charge is 0.227 e. The van der Waals surface area contributed by atoms with E-state index in [9.17, 15) is 4.79 Å². The molecule has 1 heterocycles. The first-order valence-electron chi connectivity index (χ1n) is 8.11.